The molecule has 6 heteroatoms. The molecule has 1 atom stereocenters. The van der Waals surface area contributed by atoms with E-state index in [1.807, 2.05) is 30.3 Å². The quantitative estimate of drug-likeness (QED) is 0.518. The van der Waals surface area contributed by atoms with E-state index in [-0.39, 0.29) is 12.3 Å². The Balaban J connectivity index is 1.94. The van der Waals surface area contributed by atoms with Crippen molar-refractivity contribution in [3.8, 4) is 0 Å². The Labute approximate surface area is 172 Å². The van der Waals surface area contributed by atoms with Gasteiger partial charge in [0.25, 0.3) is 0 Å². The third-order valence-corrected chi connectivity index (χ3v) is 6.04. The number of carbonyl (C=O) groups is 1. The molecule has 0 saturated carbocycles. The van der Waals surface area contributed by atoms with Crippen molar-refractivity contribution in [1.82, 2.24) is 4.57 Å². The molecule has 3 nitrogen and oxygen atoms in total. The lowest BCUT2D eigenvalue weighted by Gasteiger charge is -2.24. The summed E-state index contributed by atoms with van der Waals surface area (Å²) in [6, 6.07) is 11.4. The van der Waals surface area contributed by atoms with E-state index in [1.54, 1.807) is 6.07 Å². The standard InChI is InChI=1S/C21H18Cl3NO2/c22-14-6-4-12(5-7-14)11-25-18-10-15(23)9-17(24)20(18)16-3-1-2-13(21(16)25)8-19(26)27/h4-7,9-10,13H,1-3,8,11H2,(H,26,27). The van der Waals surface area contributed by atoms with Crippen molar-refractivity contribution < 1.29 is 9.90 Å². The molecule has 1 heterocycles. The summed E-state index contributed by atoms with van der Waals surface area (Å²) in [6.07, 6.45) is 2.85. The second-order valence-electron chi connectivity index (χ2n) is 7.05. The minimum absolute atomic E-state index is 0.0270. The van der Waals surface area contributed by atoms with Crippen LogP contribution in [-0.2, 0) is 17.8 Å². The monoisotopic (exact) mass is 421 g/mol. The van der Waals surface area contributed by atoms with Gasteiger partial charge in [0.05, 0.1) is 17.0 Å². The lowest BCUT2D eigenvalue weighted by Crippen LogP contribution is -2.17. The number of halogens is 3. The minimum atomic E-state index is -0.778. The van der Waals surface area contributed by atoms with Crippen LogP contribution < -0.4 is 0 Å². The molecule has 0 fully saturated rings. The first kappa shape index (κ1) is 18.7. The fourth-order valence-electron chi connectivity index (χ4n) is 4.23. The number of carboxylic acid groups (broad SMARTS) is 1. The van der Waals surface area contributed by atoms with Crippen molar-refractivity contribution >= 4 is 51.7 Å². The van der Waals surface area contributed by atoms with Crippen LogP contribution in [0.3, 0.4) is 0 Å². The van der Waals surface area contributed by atoms with Gasteiger partial charge in [-0.3, -0.25) is 4.79 Å². The normalized spacial score (nSPS) is 16.5. The Kier molecular flexibility index (Phi) is 5.11. The molecule has 0 spiro atoms. The molecule has 0 saturated heterocycles. The molecular weight excluding hydrogens is 405 g/mol. The summed E-state index contributed by atoms with van der Waals surface area (Å²) in [4.78, 5) is 11.4. The van der Waals surface area contributed by atoms with Crippen LogP contribution in [0, 0.1) is 0 Å². The van der Waals surface area contributed by atoms with Gasteiger partial charge in [-0.2, -0.15) is 0 Å². The average molecular weight is 423 g/mol. The van der Waals surface area contributed by atoms with Gasteiger partial charge in [-0.15, -0.1) is 0 Å². The maximum absolute atomic E-state index is 11.4. The molecule has 1 aliphatic rings. The number of hydrogen-bond acceptors (Lipinski definition) is 1. The highest BCUT2D eigenvalue weighted by molar-refractivity contribution is 6.39. The molecule has 1 aliphatic carbocycles. The van der Waals surface area contributed by atoms with Crippen LogP contribution in [0.5, 0.6) is 0 Å². The maximum Gasteiger partial charge on any atom is 0.304 e. The Morgan fingerprint density at radius 2 is 1.85 bits per heavy atom. The maximum atomic E-state index is 11.4. The van der Waals surface area contributed by atoms with Gasteiger partial charge in [-0.25, -0.2) is 0 Å². The zero-order valence-corrected chi connectivity index (χ0v) is 16.8. The van der Waals surface area contributed by atoms with Crippen LogP contribution in [0.2, 0.25) is 15.1 Å². The van der Waals surface area contributed by atoms with Gasteiger partial charge >= 0.3 is 5.97 Å². The molecule has 140 valence electrons. The number of benzene rings is 2. The zero-order valence-electron chi connectivity index (χ0n) is 14.5. The van der Waals surface area contributed by atoms with Crippen molar-refractivity contribution in [3.05, 3.63) is 68.3 Å². The van der Waals surface area contributed by atoms with Crippen molar-refractivity contribution in [2.24, 2.45) is 0 Å². The molecule has 0 aliphatic heterocycles. The second-order valence-corrected chi connectivity index (χ2v) is 8.33. The molecule has 0 bridgehead atoms. The molecule has 0 radical (unpaired) electrons. The highest BCUT2D eigenvalue weighted by Gasteiger charge is 2.30. The summed E-state index contributed by atoms with van der Waals surface area (Å²) >= 11 is 18.9. The smallest absolute Gasteiger partial charge is 0.304 e. The molecule has 3 aromatic rings. The molecule has 4 rings (SSSR count). The van der Waals surface area contributed by atoms with Gasteiger partial charge in [0.1, 0.15) is 0 Å². The van der Waals surface area contributed by atoms with E-state index < -0.39 is 5.97 Å². The summed E-state index contributed by atoms with van der Waals surface area (Å²) in [5, 5.41) is 12.3. The summed E-state index contributed by atoms with van der Waals surface area (Å²) in [7, 11) is 0. The van der Waals surface area contributed by atoms with E-state index in [2.05, 4.69) is 4.57 Å². The van der Waals surface area contributed by atoms with Crippen LogP contribution in [0.1, 0.15) is 42.0 Å². The summed E-state index contributed by atoms with van der Waals surface area (Å²) in [5.74, 6) is -0.805. The lowest BCUT2D eigenvalue weighted by molar-refractivity contribution is -0.137. The number of aryl methyl sites for hydroxylation is 1. The number of fused-ring (bicyclic) bond motifs is 3. The summed E-state index contributed by atoms with van der Waals surface area (Å²) in [5.41, 5.74) is 4.30. The fourth-order valence-corrected chi connectivity index (χ4v) is 4.95. The Morgan fingerprint density at radius 1 is 1.11 bits per heavy atom. The van der Waals surface area contributed by atoms with Crippen LogP contribution in [0.15, 0.2) is 36.4 Å². The van der Waals surface area contributed by atoms with Crippen molar-refractivity contribution in [3.63, 3.8) is 0 Å². The van der Waals surface area contributed by atoms with E-state index in [0.717, 1.165) is 47.0 Å². The largest absolute Gasteiger partial charge is 0.481 e. The number of nitrogens with zero attached hydrogens (tertiary/aromatic N) is 1. The van der Waals surface area contributed by atoms with Crippen molar-refractivity contribution in [1.29, 1.82) is 0 Å². The molecule has 1 aromatic heterocycles. The Hall–Kier alpha value is -1.68. The zero-order chi connectivity index (χ0) is 19.1. The molecule has 2 aromatic carbocycles. The van der Waals surface area contributed by atoms with Crippen LogP contribution in [0.25, 0.3) is 10.9 Å². The van der Waals surface area contributed by atoms with Crippen LogP contribution >= 0.6 is 34.8 Å². The predicted octanol–water partition coefficient (Wildman–Crippen LogP) is 6.54. The SMILES string of the molecule is O=C(O)CC1CCCc2c1n(Cc1ccc(Cl)cc1)c1cc(Cl)cc(Cl)c21. The number of rotatable bonds is 4. The molecular formula is C21H18Cl3NO2. The van der Waals surface area contributed by atoms with Gasteiger partial charge in [-0.05, 0) is 54.7 Å². The molecule has 1 N–H and O–H groups in total. The predicted molar refractivity (Wildman–Crippen MR) is 110 cm³/mol. The number of aliphatic carboxylic acids is 1. The number of aromatic nitrogens is 1. The van der Waals surface area contributed by atoms with Gasteiger partial charge in [0, 0.05) is 33.6 Å². The lowest BCUT2D eigenvalue weighted by atomic mass is 9.84. The molecule has 27 heavy (non-hydrogen) atoms. The van der Waals surface area contributed by atoms with Gasteiger partial charge < -0.3 is 9.67 Å². The van der Waals surface area contributed by atoms with Crippen molar-refractivity contribution in [2.45, 2.75) is 38.1 Å². The fraction of sp³-hybridized carbons (Fsp3) is 0.286. The first-order valence-corrected chi connectivity index (χ1v) is 10.0. The van der Waals surface area contributed by atoms with Crippen molar-refractivity contribution in [2.75, 3.05) is 0 Å². The second kappa shape index (κ2) is 7.38. The average Bonchev–Trinajstić information content (AvgIpc) is 2.91. The van der Waals surface area contributed by atoms with Gasteiger partial charge in [-0.1, -0.05) is 46.9 Å². The number of carboxylic acids is 1. The Bertz CT molecular complexity index is 1020. The van der Waals surface area contributed by atoms with E-state index in [0.29, 0.717) is 21.6 Å². The van der Waals surface area contributed by atoms with Gasteiger partial charge in [0.2, 0.25) is 0 Å². The third kappa shape index (κ3) is 3.56. The van der Waals surface area contributed by atoms with E-state index in [1.165, 1.54) is 0 Å². The number of hydrogen-bond donors (Lipinski definition) is 1. The topological polar surface area (TPSA) is 42.2 Å². The first-order valence-electron chi connectivity index (χ1n) is 8.90. The molecule has 0 amide bonds. The van der Waals surface area contributed by atoms with E-state index >= 15 is 0 Å². The van der Waals surface area contributed by atoms with Gasteiger partial charge in [0.15, 0.2) is 0 Å². The van der Waals surface area contributed by atoms with Crippen LogP contribution in [0.4, 0.5) is 0 Å². The Morgan fingerprint density at radius 3 is 2.56 bits per heavy atom. The third-order valence-electron chi connectivity index (χ3n) is 5.27. The molecule has 1 unspecified atom stereocenters. The van der Waals surface area contributed by atoms with E-state index in [9.17, 15) is 9.90 Å². The summed E-state index contributed by atoms with van der Waals surface area (Å²) in [6.45, 7) is 0.621. The van der Waals surface area contributed by atoms with Crippen LogP contribution in [-0.4, -0.2) is 15.6 Å². The first-order chi connectivity index (χ1) is 12.9. The highest BCUT2D eigenvalue weighted by atomic mass is 35.5. The highest BCUT2D eigenvalue weighted by Crippen LogP contribution is 2.43. The van der Waals surface area contributed by atoms with E-state index in [4.69, 9.17) is 34.8 Å². The minimum Gasteiger partial charge on any atom is -0.481 e. The summed E-state index contributed by atoms with van der Waals surface area (Å²) < 4.78 is 2.19.